The minimum absolute atomic E-state index is 0.861. The van der Waals surface area contributed by atoms with E-state index in [-0.39, 0.29) is 0 Å². The third-order valence-corrected chi connectivity index (χ3v) is 6.34. The molecule has 0 bridgehead atoms. The van der Waals surface area contributed by atoms with Crippen molar-refractivity contribution in [2.75, 3.05) is 13.1 Å². The van der Waals surface area contributed by atoms with Crippen LogP contribution in [-0.2, 0) is 19.4 Å². The number of piperidine rings is 1. The zero-order chi connectivity index (χ0) is 15.9. The number of likely N-dealkylation sites (tertiary alicyclic amines) is 1. The second kappa shape index (κ2) is 5.93. The highest BCUT2D eigenvalue weighted by atomic mass is 32.1. The number of rotatable bonds is 3. The molecule has 1 saturated heterocycles. The van der Waals surface area contributed by atoms with Gasteiger partial charge >= 0.3 is 0 Å². The summed E-state index contributed by atoms with van der Waals surface area (Å²) < 4.78 is 2.05. The molecule has 2 aliphatic rings. The van der Waals surface area contributed by atoms with E-state index in [9.17, 15) is 0 Å². The summed E-state index contributed by atoms with van der Waals surface area (Å²) in [5.74, 6) is 1.97. The largest absolute Gasteiger partial charge is 0.296 e. The molecule has 5 rings (SSSR count). The van der Waals surface area contributed by atoms with Crippen LogP contribution in [0.2, 0.25) is 0 Å². The molecule has 1 aliphatic carbocycles. The van der Waals surface area contributed by atoms with Crippen LogP contribution in [0.3, 0.4) is 0 Å². The summed E-state index contributed by atoms with van der Waals surface area (Å²) in [6.07, 6.45) is 13.2. The van der Waals surface area contributed by atoms with E-state index in [0.717, 1.165) is 29.4 Å². The lowest BCUT2D eigenvalue weighted by Crippen LogP contribution is -2.30. The highest BCUT2D eigenvalue weighted by molar-refractivity contribution is 7.19. The van der Waals surface area contributed by atoms with E-state index in [1.807, 2.05) is 30.1 Å². The van der Waals surface area contributed by atoms with Crippen LogP contribution in [0.15, 0.2) is 18.7 Å². The summed E-state index contributed by atoms with van der Waals surface area (Å²) in [5.41, 5.74) is 1.48. The average Bonchev–Trinajstić information content (AvgIpc) is 3.32. The maximum absolute atomic E-state index is 4.96. The molecule has 0 N–H and O–H groups in total. The standard InChI is InChI=1S/C18H21N5S/c1-2-8-22(9-3-1)11-15-20-17(23-10-7-19-12-23)16-13-5-4-6-14(13)24-18(16)21-15/h7,10,12H,1-6,8-9,11H2. The van der Waals surface area contributed by atoms with Gasteiger partial charge in [-0.05, 0) is 50.8 Å². The molecule has 1 aliphatic heterocycles. The topological polar surface area (TPSA) is 46.8 Å². The Morgan fingerprint density at radius 1 is 1.04 bits per heavy atom. The quantitative estimate of drug-likeness (QED) is 0.734. The third-order valence-electron chi connectivity index (χ3n) is 5.15. The highest BCUT2D eigenvalue weighted by Crippen LogP contribution is 2.38. The lowest BCUT2D eigenvalue weighted by atomic mass is 10.1. The van der Waals surface area contributed by atoms with Crippen LogP contribution in [0.1, 0.15) is 41.9 Å². The Morgan fingerprint density at radius 2 is 1.96 bits per heavy atom. The van der Waals surface area contributed by atoms with Gasteiger partial charge in [0, 0.05) is 17.3 Å². The molecule has 3 aromatic rings. The first kappa shape index (κ1) is 14.5. The van der Waals surface area contributed by atoms with Gasteiger partial charge in [0.15, 0.2) is 5.82 Å². The first-order chi connectivity index (χ1) is 11.9. The molecule has 0 spiro atoms. The summed E-state index contributed by atoms with van der Waals surface area (Å²) >= 11 is 1.87. The monoisotopic (exact) mass is 339 g/mol. The summed E-state index contributed by atoms with van der Waals surface area (Å²) in [6.45, 7) is 3.20. The second-order valence-corrected chi connectivity index (χ2v) is 7.89. The molecule has 0 amide bonds. The number of imidazole rings is 1. The van der Waals surface area contributed by atoms with Gasteiger partial charge in [0.1, 0.15) is 17.0 Å². The zero-order valence-corrected chi connectivity index (χ0v) is 14.6. The molecular weight excluding hydrogens is 318 g/mol. The molecule has 5 nitrogen and oxygen atoms in total. The normalized spacial score (nSPS) is 18.3. The molecule has 124 valence electrons. The van der Waals surface area contributed by atoms with E-state index >= 15 is 0 Å². The molecule has 6 heteroatoms. The van der Waals surface area contributed by atoms with E-state index in [4.69, 9.17) is 9.97 Å². The van der Waals surface area contributed by atoms with Crippen LogP contribution >= 0.6 is 11.3 Å². The van der Waals surface area contributed by atoms with Gasteiger partial charge in [-0.3, -0.25) is 9.47 Å². The zero-order valence-electron chi connectivity index (χ0n) is 13.7. The van der Waals surface area contributed by atoms with Crippen molar-refractivity contribution >= 4 is 21.6 Å². The van der Waals surface area contributed by atoms with Crippen molar-refractivity contribution in [1.82, 2.24) is 24.4 Å². The fourth-order valence-corrected chi connectivity index (χ4v) is 5.25. The summed E-state index contributed by atoms with van der Waals surface area (Å²) in [7, 11) is 0. The molecule has 3 aromatic heterocycles. The Balaban J connectivity index is 1.62. The van der Waals surface area contributed by atoms with Gasteiger partial charge in [-0.2, -0.15) is 0 Å². The lowest BCUT2D eigenvalue weighted by molar-refractivity contribution is 0.216. The van der Waals surface area contributed by atoms with Crippen molar-refractivity contribution in [2.45, 2.75) is 45.1 Å². The summed E-state index contributed by atoms with van der Waals surface area (Å²) in [6, 6.07) is 0. The molecular formula is C18H21N5S. The van der Waals surface area contributed by atoms with Crippen LogP contribution in [0.5, 0.6) is 0 Å². The minimum atomic E-state index is 0.861. The fourth-order valence-electron chi connectivity index (χ4n) is 3.98. The Labute approximate surface area is 145 Å². The number of aromatic nitrogens is 4. The number of aryl methyl sites for hydroxylation is 2. The molecule has 0 aromatic carbocycles. The molecule has 4 heterocycles. The predicted octanol–water partition coefficient (Wildman–Crippen LogP) is 3.35. The van der Waals surface area contributed by atoms with E-state index in [1.165, 1.54) is 61.0 Å². The van der Waals surface area contributed by atoms with E-state index in [1.54, 1.807) is 0 Å². The van der Waals surface area contributed by atoms with Gasteiger partial charge in [0.05, 0.1) is 11.9 Å². The van der Waals surface area contributed by atoms with Crippen LogP contribution in [0.4, 0.5) is 0 Å². The van der Waals surface area contributed by atoms with Crippen LogP contribution in [-0.4, -0.2) is 37.5 Å². The van der Waals surface area contributed by atoms with Crippen molar-refractivity contribution in [2.24, 2.45) is 0 Å². The van der Waals surface area contributed by atoms with Gasteiger partial charge in [-0.25, -0.2) is 15.0 Å². The van der Waals surface area contributed by atoms with E-state index < -0.39 is 0 Å². The molecule has 1 fully saturated rings. The highest BCUT2D eigenvalue weighted by Gasteiger charge is 2.23. The fraction of sp³-hybridized carbons (Fsp3) is 0.500. The molecule has 24 heavy (non-hydrogen) atoms. The van der Waals surface area contributed by atoms with Crippen molar-refractivity contribution in [1.29, 1.82) is 0 Å². The van der Waals surface area contributed by atoms with Gasteiger partial charge in [-0.1, -0.05) is 6.42 Å². The Kier molecular flexibility index (Phi) is 3.60. The number of fused-ring (bicyclic) bond motifs is 3. The van der Waals surface area contributed by atoms with Crippen molar-refractivity contribution in [3.05, 3.63) is 35.0 Å². The summed E-state index contributed by atoms with van der Waals surface area (Å²) in [4.78, 5) is 19.3. The molecule has 0 saturated carbocycles. The van der Waals surface area contributed by atoms with Crippen LogP contribution in [0.25, 0.3) is 16.0 Å². The van der Waals surface area contributed by atoms with Gasteiger partial charge in [-0.15, -0.1) is 11.3 Å². The lowest BCUT2D eigenvalue weighted by Gasteiger charge is -2.25. The second-order valence-electron chi connectivity index (χ2n) is 6.81. The Morgan fingerprint density at radius 3 is 2.79 bits per heavy atom. The number of hydrogen-bond donors (Lipinski definition) is 0. The number of thiophene rings is 1. The smallest absolute Gasteiger partial charge is 0.150 e. The minimum Gasteiger partial charge on any atom is -0.296 e. The summed E-state index contributed by atoms with van der Waals surface area (Å²) in [5, 5.41) is 1.26. The van der Waals surface area contributed by atoms with E-state index in [2.05, 4.69) is 14.5 Å². The van der Waals surface area contributed by atoms with Crippen molar-refractivity contribution in [3.8, 4) is 5.82 Å². The molecule has 0 atom stereocenters. The van der Waals surface area contributed by atoms with Crippen molar-refractivity contribution in [3.63, 3.8) is 0 Å². The number of nitrogens with zero attached hydrogens (tertiary/aromatic N) is 5. The van der Waals surface area contributed by atoms with E-state index in [0.29, 0.717) is 0 Å². The van der Waals surface area contributed by atoms with Gasteiger partial charge in [0.25, 0.3) is 0 Å². The molecule has 0 unspecified atom stereocenters. The molecule has 0 radical (unpaired) electrons. The number of hydrogen-bond acceptors (Lipinski definition) is 5. The first-order valence-electron chi connectivity index (χ1n) is 8.90. The predicted molar refractivity (Wildman–Crippen MR) is 95.7 cm³/mol. The van der Waals surface area contributed by atoms with Gasteiger partial charge in [0.2, 0.25) is 0 Å². The Bertz CT molecular complexity index is 861. The maximum atomic E-state index is 4.96. The maximum Gasteiger partial charge on any atom is 0.150 e. The van der Waals surface area contributed by atoms with Crippen molar-refractivity contribution < 1.29 is 0 Å². The van der Waals surface area contributed by atoms with Crippen LogP contribution in [0, 0.1) is 0 Å². The first-order valence-corrected chi connectivity index (χ1v) is 9.72. The Hall–Kier alpha value is -1.79. The van der Waals surface area contributed by atoms with Crippen LogP contribution < -0.4 is 0 Å². The third kappa shape index (κ3) is 2.45. The average molecular weight is 339 g/mol. The van der Waals surface area contributed by atoms with Gasteiger partial charge < -0.3 is 0 Å². The SMILES string of the molecule is c1cn(-c2nc(CN3CCCCC3)nc3sc4c(c23)CCC4)cn1.